The smallest absolute Gasteiger partial charge is 0.230 e. The van der Waals surface area contributed by atoms with Crippen molar-refractivity contribution >= 4 is 29.3 Å². The van der Waals surface area contributed by atoms with E-state index in [0.29, 0.717) is 12.3 Å². The molecule has 0 aliphatic carbocycles. The zero-order valence-electron chi connectivity index (χ0n) is 15.3. The van der Waals surface area contributed by atoms with Crippen LogP contribution in [0.2, 0.25) is 5.02 Å². The lowest BCUT2D eigenvalue weighted by Crippen LogP contribution is -2.36. The standard InChI is InChI=1S/C21H25ClN2O2S/c22-20-7-3-4-17(12-20)15-27-16-21(25)23-13-18-5-1-2-6-19(18)14-24-8-10-26-11-9-24/h1-7,12H,8-11,13-16H2,(H,23,25). The lowest BCUT2D eigenvalue weighted by molar-refractivity contribution is -0.118. The highest BCUT2D eigenvalue weighted by atomic mass is 35.5. The van der Waals surface area contributed by atoms with Crippen LogP contribution < -0.4 is 5.32 Å². The maximum atomic E-state index is 12.2. The van der Waals surface area contributed by atoms with Gasteiger partial charge in [0.1, 0.15) is 0 Å². The molecule has 144 valence electrons. The summed E-state index contributed by atoms with van der Waals surface area (Å²) < 4.78 is 5.41. The van der Waals surface area contributed by atoms with Crippen molar-refractivity contribution < 1.29 is 9.53 Å². The first-order valence-corrected chi connectivity index (χ1v) is 10.7. The molecule has 0 atom stereocenters. The van der Waals surface area contributed by atoms with Crippen LogP contribution in [0, 0.1) is 0 Å². The van der Waals surface area contributed by atoms with Gasteiger partial charge in [0, 0.05) is 37.0 Å². The molecule has 2 aromatic carbocycles. The Kier molecular flexibility index (Phi) is 8.02. The maximum absolute atomic E-state index is 12.2. The molecule has 1 amide bonds. The molecule has 27 heavy (non-hydrogen) atoms. The second-order valence-corrected chi connectivity index (χ2v) is 7.98. The van der Waals surface area contributed by atoms with Crippen molar-refractivity contribution in [3.05, 3.63) is 70.2 Å². The van der Waals surface area contributed by atoms with Crippen molar-refractivity contribution in [1.82, 2.24) is 10.2 Å². The molecule has 0 unspecified atom stereocenters. The van der Waals surface area contributed by atoms with Crippen molar-refractivity contribution in [2.45, 2.75) is 18.8 Å². The van der Waals surface area contributed by atoms with Crippen LogP contribution in [0.4, 0.5) is 0 Å². The van der Waals surface area contributed by atoms with E-state index in [0.717, 1.165) is 49.2 Å². The SMILES string of the molecule is O=C(CSCc1cccc(Cl)c1)NCc1ccccc1CN1CCOCC1. The number of rotatable bonds is 8. The van der Waals surface area contributed by atoms with Crippen molar-refractivity contribution in [1.29, 1.82) is 0 Å². The topological polar surface area (TPSA) is 41.6 Å². The molecule has 2 aromatic rings. The molecule has 4 nitrogen and oxygen atoms in total. The van der Waals surface area contributed by atoms with E-state index in [4.69, 9.17) is 16.3 Å². The van der Waals surface area contributed by atoms with Crippen molar-refractivity contribution in [2.24, 2.45) is 0 Å². The van der Waals surface area contributed by atoms with Gasteiger partial charge in [0.05, 0.1) is 19.0 Å². The fourth-order valence-corrected chi connectivity index (χ4v) is 4.04. The molecule has 0 bridgehead atoms. The molecule has 1 fully saturated rings. The molecule has 1 saturated heterocycles. The Morgan fingerprint density at radius 1 is 1.11 bits per heavy atom. The molecule has 1 N–H and O–H groups in total. The number of carbonyl (C=O) groups excluding carboxylic acids is 1. The number of amides is 1. The van der Waals surface area contributed by atoms with Gasteiger partial charge in [0.2, 0.25) is 5.91 Å². The summed E-state index contributed by atoms with van der Waals surface area (Å²) in [6, 6.07) is 16.1. The Balaban J connectivity index is 1.44. The molecule has 1 aliphatic heterocycles. The van der Waals surface area contributed by atoms with Gasteiger partial charge in [-0.15, -0.1) is 11.8 Å². The third-order valence-electron chi connectivity index (χ3n) is 4.48. The zero-order valence-corrected chi connectivity index (χ0v) is 16.9. The van der Waals surface area contributed by atoms with Crippen molar-refractivity contribution in [2.75, 3.05) is 32.1 Å². The minimum absolute atomic E-state index is 0.0585. The van der Waals surface area contributed by atoms with Crippen LogP contribution >= 0.6 is 23.4 Å². The van der Waals surface area contributed by atoms with Gasteiger partial charge in [0.25, 0.3) is 0 Å². The van der Waals surface area contributed by atoms with Crippen LogP contribution in [0.25, 0.3) is 0 Å². The number of ether oxygens (including phenoxy) is 1. The lowest BCUT2D eigenvalue weighted by atomic mass is 10.1. The van der Waals surface area contributed by atoms with Crippen molar-refractivity contribution in [3.63, 3.8) is 0 Å². The van der Waals surface area contributed by atoms with Gasteiger partial charge in [-0.25, -0.2) is 0 Å². The average Bonchev–Trinajstić information content (AvgIpc) is 2.68. The average molecular weight is 405 g/mol. The summed E-state index contributed by atoms with van der Waals surface area (Å²) in [5.74, 6) is 1.28. The predicted octanol–water partition coefficient (Wildman–Crippen LogP) is 3.72. The zero-order chi connectivity index (χ0) is 18.9. The van der Waals surface area contributed by atoms with Crippen LogP contribution in [0.15, 0.2) is 48.5 Å². The van der Waals surface area contributed by atoms with E-state index < -0.39 is 0 Å². The van der Waals surface area contributed by atoms with Crippen LogP contribution in [-0.2, 0) is 28.4 Å². The monoisotopic (exact) mass is 404 g/mol. The van der Waals surface area contributed by atoms with Gasteiger partial charge in [0.15, 0.2) is 0 Å². The number of hydrogen-bond acceptors (Lipinski definition) is 4. The minimum Gasteiger partial charge on any atom is -0.379 e. The second-order valence-electron chi connectivity index (χ2n) is 6.56. The predicted molar refractivity (Wildman–Crippen MR) is 112 cm³/mol. The van der Waals surface area contributed by atoms with E-state index in [9.17, 15) is 4.79 Å². The Labute approximate surface area is 170 Å². The highest BCUT2D eigenvalue weighted by molar-refractivity contribution is 7.99. The summed E-state index contributed by atoms with van der Waals surface area (Å²) in [4.78, 5) is 14.6. The number of halogens is 1. The number of thioether (sulfide) groups is 1. The summed E-state index contributed by atoms with van der Waals surface area (Å²) in [6.07, 6.45) is 0. The molecular formula is C21H25ClN2O2S. The Morgan fingerprint density at radius 2 is 1.89 bits per heavy atom. The third-order valence-corrected chi connectivity index (χ3v) is 5.72. The highest BCUT2D eigenvalue weighted by Crippen LogP contribution is 2.17. The van der Waals surface area contributed by atoms with E-state index in [1.165, 1.54) is 11.1 Å². The highest BCUT2D eigenvalue weighted by Gasteiger charge is 2.13. The van der Waals surface area contributed by atoms with Crippen molar-refractivity contribution in [3.8, 4) is 0 Å². The van der Waals surface area contributed by atoms with E-state index in [1.54, 1.807) is 11.8 Å². The summed E-state index contributed by atoms with van der Waals surface area (Å²) >= 11 is 7.59. The number of nitrogens with zero attached hydrogens (tertiary/aromatic N) is 1. The Bertz CT molecular complexity index is 750. The van der Waals surface area contributed by atoms with Gasteiger partial charge >= 0.3 is 0 Å². The van der Waals surface area contributed by atoms with Crippen LogP contribution in [0.1, 0.15) is 16.7 Å². The second kappa shape index (κ2) is 10.7. The number of morpholine rings is 1. The lowest BCUT2D eigenvalue weighted by Gasteiger charge is -2.27. The minimum atomic E-state index is 0.0585. The number of nitrogens with one attached hydrogen (secondary N) is 1. The van der Waals surface area contributed by atoms with Gasteiger partial charge in [-0.1, -0.05) is 48.0 Å². The number of carbonyl (C=O) groups is 1. The Hall–Kier alpha value is -1.53. The summed E-state index contributed by atoms with van der Waals surface area (Å²) in [5, 5.41) is 3.78. The summed E-state index contributed by atoms with van der Waals surface area (Å²) in [7, 11) is 0. The number of hydrogen-bond donors (Lipinski definition) is 1. The molecule has 0 radical (unpaired) electrons. The molecule has 6 heteroatoms. The fraction of sp³-hybridized carbons (Fsp3) is 0.381. The van der Waals surface area contributed by atoms with Gasteiger partial charge < -0.3 is 10.1 Å². The largest absolute Gasteiger partial charge is 0.379 e. The molecule has 1 aliphatic rings. The number of benzene rings is 2. The van der Waals surface area contributed by atoms with Crippen LogP contribution in [-0.4, -0.2) is 42.9 Å². The van der Waals surface area contributed by atoms with Gasteiger partial charge in [-0.05, 0) is 28.8 Å². The van der Waals surface area contributed by atoms with E-state index in [-0.39, 0.29) is 5.91 Å². The molecule has 0 saturated carbocycles. The van der Waals surface area contributed by atoms with E-state index in [2.05, 4.69) is 28.4 Å². The quantitative estimate of drug-likeness (QED) is 0.728. The maximum Gasteiger partial charge on any atom is 0.230 e. The molecule has 3 rings (SSSR count). The van der Waals surface area contributed by atoms with E-state index >= 15 is 0 Å². The fourth-order valence-electron chi connectivity index (χ4n) is 3.02. The van der Waals surface area contributed by atoms with Crippen LogP contribution in [0.3, 0.4) is 0 Å². The van der Waals surface area contributed by atoms with E-state index in [1.807, 2.05) is 30.3 Å². The molecule has 0 spiro atoms. The first kappa shape index (κ1) is 20.2. The van der Waals surface area contributed by atoms with Crippen LogP contribution in [0.5, 0.6) is 0 Å². The van der Waals surface area contributed by atoms with Gasteiger partial charge in [-0.3, -0.25) is 9.69 Å². The first-order chi connectivity index (χ1) is 13.2. The summed E-state index contributed by atoms with van der Waals surface area (Å²) in [5.41, 5.74) is 3.58. The molecule has 1 heterocycles. The molecular weight excluding hydrogens is 380 g/mol. The molecule has 0 aromatic heterocycles. The summed E-state index contributed by atoms with van der Waals surface area (Å²) in [6.45, 7) is 4.98. The normalized spacial score (nSPS) is 14.9. The third kappa shape index (κ3) is 6.85. The first-order valence-electron chi connectivity index (χ1n) is 9.16. The Morgan fingerprint density at radius 3 is 2.67 bits per heavy atom. The van der Waals surface area contributed by atoms with Gasteiger partial charge in [-0.2, -0.15) is 0 Å².